The van der Waals surface area contributed by atoms with Crippen LogP contribution in [-0.2, 0) is 6.18 Å². The number of nitrogens with two attached hydrogens (primary N) is 1. The number of nitrogen functional groups attached to an aromatic ring is 1. The molecule has 19 heavy (non-hydrogen) atoms. The number of nitrogens with zero attached hydrogens (tertiary/aromatic N) is 1. The molecule has 0 aromatic heterocycles. The molecule has 1 aromatic carbocycles. The fraction of sp³-hybridized carbons (Fsp3) is 0.538. The van der Waals surface area contributed by atoms with Crippen LogP contribution in [0.3, 0.4) is 0 Å². The van der Waals surface area contributed by atoms with Gasteiger partial charge >= 0.3 is 6.18 Å². The zero-order valence-electron chi connectivity index (χ0n) is 10.7. The van der Waals surface area contributed by atoms with Crippen molar-refractivity contribution < 1.29 is 18.3 Å². The molecule has 0 bridgehead atoms. The van der Waals surface area contributed by atoms with Crippen molar-refractivity contribution in [1.82, 2.24) is 0 Å². The van der Waals surface area contributed by atoms with E-state index in [1.54, 1.807) is 6.92 Å². The number of piperidine rings is 1. The molecule has 0 spiro atoms. The van der Waals surface area contributed by atoms with Gasteiger partial charge < -0.3 is 15.7 Å². The van der Waals surface area contributed by atoms with Crippen molar-refractivity contribution >= 4 is 11.4 Å². The van der Waals surface area contributed by atoms with E-state index in [9.17, 15) is 18.3 Å². The molecule has 3 nitrogen and oxygen atoms in total. The normalized spacial score (nSPS) is 19.5. The molecule has 0 amide bonds. The molecule has 1 aliphatic heterocycles. The average molecular weight is 274 g/mol. The number of aliphatic hydroxyl groups is 1. The number of benzene rings is 1. The topological polar surface area (TPSA) is 49.5 Å². The summed E-state index contributed by atoms with van der Waals surface area (Å²) in [7, 11) is 0. The standard InChI is InChI=1S/C13H17F3N2O/c1-12(19)4-6-18(7-5-12)11-3-2-9(8-10(11)17)13(14,15)16/h2-3,8,19H,4-7,17H2,1H3. The zero-order valence-corrected chi connectivity index (χ0v) is 10.7. The first kappa shape index (κ1) is 14.0. The first-order chi connectivity index (χ1) is 8.69. The third kappa shape index (κ3) is 3.12. The van der Waals surface area contributed by atoms with Gasteiger partial charge in [-0.1, -0.05) is 0 Å². The minimum Gasteiger partial charge on any atom is -0.397 e. The van der Waals surface area contributed by atoms with E-state index < -0.39 is 17.3 Å². The molecule has 3 N–H and O–H groups in total. The summed E-state index contributed by atoms with van der Waals surface area (Å²) in [6, 6.07) is 3.40. The van der Waals surface area contributed by atoms with Crippen molar-refractivity contribution in [2.24, 2.45) is 0 Å². The third-order valence-electron chi connectivity index (χ3n) is 3.54. The first-order valence-electron chi connectivity index (χ1n) is 6.13. The number of anilines is 2. The van der Waals surface area contributed by atoms with Crippen molar-refractivity contribution in [3.63, 3.8) is 0 Å². The molecule has 1 heterocycles. The van der Waals surface area contributed by atoms with Gasteiger partial charge in [0.05, 0.1) is 22.5 Å². The zero-order chi connectivity index (χ0) is 14.3. The monoisotopic (exact) mass is 274 g/mol. The summed E-state index contributed by atoms with van der Waals surface area (Å²) in [4.78, 5) is 1.91. The Morgan fingerprint density at radius 3 is 2.32 bits per heavy atom. The van der Waals surface area contributed by atoms with E-state index in [1.807, 2.05) is 4.90 Å². The number of rotatable bonds is 1. The summed E-state index contributed by atoms with van der Waals surface area (Å²) < 4.78 is 37.6. The van der Waals surface area contributed by atoms with E-state index in [-0.39, 0.29) is 5.69 Å². The highest BCUT2D eigenvalue weighted by Gasteiger charge is 2.32. The fourth-order valence-electron chi connectivity index (χ4n) is 2.25. The Balaban J connectivity index is 2.19. The molecule has 0 radical (unpaired) electrons. The molecule has 6 heteroatoms. The van der Waals surface area contributed by atoms with Gasteiger partial charge in [-0.2, -0.15) is 13.2 Å². The predicted molar refractivity (Wildman–Crippen MR) is 67.9 cm³/mol. The Morgan fingerprint density at radius 2 is 1.84 bits per heavy atom. The van der Waals surface area contributed by atoms with Crippen molar-refractivity contribution in [3.05, 3.63) is 23.8 Å². The average Bonchev–Trinajstić information content (AvgIpc) is 2.28. The Morgan fingerprint density at radius 1 is 1.26 bits per heavy atom. The summed E-state index contributed by atoms with van der Waals surface area (Å²) in [5.74, 6) is 0. The van der Waals surface area contributed by atoms with E-state index >= 15 is 0 Å². The van der Waals surface area contributed by atoms with Crippen molar-refractivity contribution in [1.29, 1.82) is 0 Å². The van der Waals surface area contributed by atoms with Crippen molar-refractivity contribution in [3.8, 4) is 0 Å². The molecule has 2 rings (SSSR count). The summed E-state index contributed by atoms with van der Waals surface area (Å²) in [6.45, 7) is 2.94. The number of hydrogen-bond acceptors (Lipinski definition) is 3. The highest BCUT2D eigenvalue weighted by molar-refractivity contribution is 5.69. The van der Waals surface area contributed by atoms with E-state index in [1.165, 1.54) is 6.07 Å². The van der Waals surface area contributed by atoms with Gasteiger partial charge in [0.25, 0.3) is 0 Å². The molecule has 1 aliphatic rings. The summed E-state index contributed by atoms with van der Waals surface area (Å²) >= 11 is 0. The fourth-order valence-corrected chi connectivity index (χ4v) is 2.25. The predicted octanol–water partition coefficient (Wildman–Crippen LogP) is 2.64. The molecule has 0 atom stereocenters. The second-order valence-electron chi connectivity index (χ2n) is 5.26. The van der Waals surface area contributed by atoms with Crippen LogP contribution < -0.4 is 10.6 Å². The van der Waals surface area contributed by atoms with E-state index in [0.717, 1.165) is 12.1 Å². The van der Waals surface area contributed by atoms with E-state index in [4.69, 9.17) is 5.73 Å². The Hall–Kier alpha value is -1.43. The molecule has 1 fully saturated rings. The van der Waals surface area contributed by atoms with Gasteiger partial charge in [-0.3, -0.25) is 0 Å². The number of halogens is 3. The molecule has 0 saturated carbocycles. The molecule has 0 aliphatic carbocycles. The largest absolute Gasteiger partial charge is 0.416 e. The molecule has 0 unspecified atom stereocenters. The second kappa shape index (κ2) is 4.59. The Kier molecular flexibility index (Phi) is 3.38. The lowest BCUT2D eigenvalue weighted by atomic mass is 9.93. The molecule has 1 aromatic rings. The molecule has 106 valence electrons. The maximum atomic E-state index is 12.5. The minimum absolute atomic E-state index is 0.122. The van der Waals surface area contributed by atoms with Gasteiger partial charge in [-0.05, 0) is 38.0 Å². The maximum absolute atomic E-state index is 12.5. The number of hydrogen-bond donors (Lipinski definition) is 2. The summed E-state index contributed by atoms with van der Waals surface area (Å²) in [5, 5.41) is 9.85. The highest BCUT2D eigenvalue weighted by atomic mass is 19.4. The summed E-state index contributed by atoms with van der Waals surface area (Å²) in [5.41, 5.74) is 5.00. The van der Waals surface area contributed by atoms with Crippen LogP contribution in [0.1, 0.15) is 25.3 Å². The highest BCUT2D eigenvalue weighted by Crippen LogP contribution is 2.35. The maximum Gasteiger partial charge on any atom is 0.416 e. The number of alkyl halides is 3. The van der Waals surface area contributed by atoms with E-state index in [2.05, 4.69) is 0 Å². The lowest BCUT2D eigenvalue weighted by molar-refractivity contribution is -0.137. The van der Waals surface area contributed by atoms with Gasteiger partial charge in [-0.15, -0.1) is 0 Å². The second-order valence-corrected chi connectivity index (χ2v) is 5.26. The quantitative estimate of drug-likeness (QED) is 0.774. The molecule has 1 saturated heterocycles. The first-order valence-corrected chi connectivity index (χ1v) is 6.13. The van der Waals surface area contributed by atoms with Crippen LogP contribution >= 0.6 is 0 Å². The minimum atomic E-state index is -4.38. The summed E-state index contributed by atoms with van der Waals surface area (Å²) in [6.07, 6.45) is -3.22. The van der Waals surface area contributed by atoms with Gasteiger partial charge in [0.15, 0.2) is 0 Å². The Labute approximate surface area is 109 Å². The van der Waals surface area contributed by atoms with Crippen LogP contribution in [0.4, 0.5) is 24.5 Å². The Bertz CT molecular complexity index is 461. The van der Waals surface area contributed by atoms with Crippen LogP contribution in [0, 0.1) is 0 Å². The SMILES string of the molecule is CC1(O)CCN(c2ccc(C(F)(F)F)cc2N)CC1. The van der Waals surface area contributed by atoms with Crippen LogP contribution in [0.25, 0.3) is 0 Å². The van der Waals surface area contributed by atoms with Crippen LogP contribution in [0.15, 0.2) is 18.2 Å². The van der Waals surface area contributed by atoms with Crippen molar-refractivity contribution in [2.75, 3.05) is 23.7 Å². The van der Waals surface area contributed by atoms with E-state index in [0.29, 0.717) is 31.6 Å². The van der Waals surface area contributed by atoms with Crippen molar-refractivity contribution in [2.45, 2.75) is 31.5 Å². The van der Waals surface area contributed by atoms with Gasteiger partial charge in [0.2, 0.25) is 0 Å². The van der Waals surface area contributed by atoms with Gasteiger partial charge in [0.1, 0.15) is 0 Å². The van der Waals surface area contributed by atoms with Gasteiger partial charge in [-0.25, -0.2) is 0 Å². The molecular weight excluding hydrogens is 257 g/mol. The smallest absolute Gasteiger partial charge is 0.397 e. The van der Waals surface area contributed by atoms with Crippen LogP contribution in [0.2, 0.25) is 0 Å². The molecular formula is C13H17F3N2O. The van der Waals surface area contributed by atoms with Gasteiger partial charge in [0, 0.05) is 13.1 Å². The van der Waals surface area contributed by atoms with Crippen LogP contribution in [-0.4, -0.2) is 23.8 Å². The van der Waals surface area contributed by atoms with Crippen LogP contribution in [0.5, 0.6) is 0 Å². The lowest BCUT2D eigenvalue weighted by Gasteiger charge is -2.37. The lowest BCUT2D eigenvalue weighted by Crippen LogP contribution is -2.42. The third-order valence-corrected chi connectivity index (χ3v) is 3.54.